The second-order valence-electron chi connectivity index (χ2n) is 5.70. The number of benzene rings is 1. The zero-order valence-corrected chi connectivity index (χ0v) is 13.7. The Hall–Kier alpha value is -2.47. The molecule has 0 saturated heterocycles. The van der Waals surface area contributed by atoms with E-state index < -0.39 is 0 Å². The van der Waals surface area contributed by atoms with Gasteiger partial charge in [0.05, 0.1) is 0 Å². The molecule has 1 N–H and O–H groups in total. The Balaban J connectivity index is 1.99. The largest absolute Gasteiger partial charge is 0.349 e. The monoisotopic (exact) mass is 314 g/mol. The van der Waals surface area contributed by atoms with Gasteiger partial charge >= 0.3 is 0 Å². The number of carbonyl (C=O) groups excluding carboxylic acids is 1. The number of aryl methyl sites for hydroxylation is 1. The fourth-order valence-electron chi connectivity index (χ4n) is 2.25. The third-order valence-corrected chi connectivity index (χ3v) is 3.74. The molecule has 1 amide bonds. The van der Waals surface area contributed by atoms with Gasteiger partial charge < -0.3 is 10.2 Å². The van der Waals surface area contributed by atoms with Crippen molar-refractivity contribution in [1.82, 2.24) is 20.0 Å². The van der Waals surface area contributed by atoms with E-state index >= 15 is 0 Å². The summed E-state index contributed by atoms with van der Waals surface area (Å²) < 4.78 is 1.16. The Morgan fingerprint density at radius 2 is 1.91 bits per heavy atom. The minimum absolute atomic E-state index is 0.175. The summed E-state index contributed by atoms with van der Waals surface area (Å²) in [6, 6.07) is 13.1. The van der Waals surface area contributed by atoms with E-state index in [1.54, 1.807) is 0 Å². The van der Waals surface area contributed by atoms with Crippen LogP contribution >= 0.6 is 0 Å². The normalized spacial score (nSPS) is 12.2. The number of nitrogens with one attached hydrogen (secondary N) is 1. The molecule has 122 valence electrons. The van der Waals surface area contributed by atoms with Gasteiger partial charge in [0, 0.05) is 25.7 Å². The zero-order valence-electron chi connectivity index (χ0n) is 13.7. The van der Waals surface area contributed by atoms with E-state index in [2.05, 4.69) is 27.4 Å². The molecule has 1 aromatic carbocycles. The van der Waals surface area contributed by atoms with Gasteiger partial charge in [-0.3, -0.25) is 9.59 Å². The Morgan fingerprint density at radius 3 is 2.52 bits per heavy atom. The number of amides is 1. The van der Waals surface area contributed by atoms with Crippen LogP contribution in [0.4, 0.5) is 0 Å². The van der Waals surface area contributed by atoms with Crippen LogP contribution in [0.15, 0.2) is 47.3 Å². The molecule has 2 rings (SSSR count). The first-order valence-electron chi connectivity index (χ1n) is 7.50. The highest BCUT2D eigenvalue weighted by molar-refractivity contribution is 5.92. The van der Waals surface area contributed by atoms with Gasteiger partial charge in [-0.05, 0) is 32.1 Å². The third-order valence-electron chi connectivity index (χ3n) is 3.74. The van der Waals surface area contributed by atoms with Crippen LogP contribution in [0.1, 0.15) is 16.1 Å². The van der Waals surface area contributed by atoms with Gasteiger partial charge in [0.25, 0.3) is 11.5 Å². The van der Waals surface area contributed by atoms with Gasteiger partial charge in [-0.2, -0.15) is 5.10 Å². The second kappa shape index (κ2) is 7.69. The number of likely N-dealkylation sites (N-methyl/N-ethyl adjacent to an activating group) is 1. The third kappa shape index (κ3) is 4.75. The highest BCUT2D eigenvalue weighted by Gasteiger charge is 2.15. The van der Waals surface area contributed by atoms with Crippen LogP contribution in [0.25, 0.3) is 0 Å². The van der Waals surface area contributed by atoms with Crippen LogP contribution in [0.2, 0.25) is 0 Å². The lowest BCUT2D eigenvalue weighted by molar-refractivity contribution is 0.0934. The first-order chi connectivity index (χ1) is 11.0. The van der Waals surface area contributed by atoms with E-state index in [4.69, 9.17) is 0 Å². The lowest BCUT2D eigenvalue weighted by Crippen LogP contribution is -2.42. The molecule has 6 nitrogen and oxygen atoms in total. The standard InChI is InChI=1S/C17H22N4O2/c1-20(2)14(11-13-7-5-4-6-8-13)12-18-17(23)15-9-10-16(22)21(3)19-15/h4-10,14H,11-12H2,1-3H3,(H,18,23). The van der Waals surface area contributed by atoms with E-state index in [-0.39, 0.29) is 23.2 Å². The number of carbonyl (C=O) groups is 1. The van der Waals surface area contributed by atoms with E-state index in [9.17, 15) is 9.59 Å². The van der Waals surface area contributed by atoms with Gasteiger partial charge in [0.1, 0.15) is 5.69 Å². The fraction of sp³-hybridized carbons (Fsp3) is 0.353. The Kier molecular flexibility index (Phi) is 5.65. The van der Waals surface area contributed by atoms with Gasteiger partial charge in [-0.25, -0.2) is 4.68 Å². The molecular formula is C17H22N4O2. The van der Waals surface area contributed by atoms with Crippen LogP contribution in [0.5, 0.6) is 0 Å². The highest BCUT2D eigenvalue weighted by Crippen LogP contribution is 2.06. The average molecular weight is 314 g/mol. The van der Waals surface area contributed by atoms with Crippen LogP contribution in [0, 0.1) is 0 Å². The van der Waals surface area contributed by atoms with Crippen LogP contribution < -0.4 is 10.9 Å². The summed E-state index contributed by atoms with van der Waals surface area (Å²) in [5, 5.41) is 6.85. The Bertz CT molecular complexity index is 710. The van der Waals surface area contributed by atoms with Crippen LogP contribution in [-0.2, 0) is 13.5 Å². The highest BCUT2D eigenvalue weighted by atomic mass is 16.2. The molecule has 0 bridgehead atoms. The molecule has 1 unspecified atom stereocenters. The molecule has 0 fully saturated rings. The summed E-state index contributed by atoms with van der Waals surface area (Å²) in [7, 11) is 5.51. The van der Waals surface area contributed by atoms with Gasteiger partial charge in [-0.1, -0.05) is 30.3 Å². The summed E-state index contributed by atoms with van der Waals surface area (Å²) in [5.41, 5.74) is 1.22. The first-order valence-corrected chi connectivity index (χ1v) is 7.50. The molecule has 2 aromatic rings. The van der Waals surface area contributed by atoms with Crippen molar-refractivity contribution >= 4 is 5.91 Å². The van der Waals surface area contributed by atoms with Gasteiger partial charge in [-0.15, -0.1) is 0 Å². The van der Waals surface area contributed by atoms with Crippen molar-refractivity contribution in [3.63, 3.8) is 0 Å². The van der Waals surface area contributed by atoms with Crippen molar-refractivity contribution in [3.05, 3.63) is 64.1 Å². The van der Waals surface area contributed by atoms with E-state index in [0.717, 1.165) is 11.1 Å². The summed E-state index contributed by atoms with van der Waals surface area (Å²) in [5.74, 6) is -0.277. The number of hydrogen-bond acceptors (Lipinski definition) is 4. The minimum Gasteiger partial charge on any atom is -0.349 e. The van der Waals surface area contributed by atoms with Crippen molar-refractivity contribution in [2.24, 2.45) is 7.05 Å². The maximum Gasteiger partial charge on any atom is 0.271 e. The molecule has 1 heterocycles. The Labute approximate surface area is 135 Å². The summed E-state index contributed by atoms with van der Waals surface area (Å²) >= 11 is 0. The molecule has 6 heteroatoms. The molecule has 0 radical (unpaired) electrons. The zero-order chi connectivity index (χ0) is 16.8. The van der Waals surface area contributed by atoms with Crippen molar-refractivity contribution < 1.29 is 4.79 Å². The predicted octanol–water partition coefficient (Wildman–Crippen LogP) is 0.683. The number of hydrogen-bond donors (Lipinski definition) is 1. The van der Waals surface area contributed by atoms with E-state index in [0.29, 0.717) is 6.54 Å². The lowest BCUT2D eigenvalue weighted by Gasteiger charge is -2.24. The van der Waals surface area contributed by atoms with Crippen molar-refractivity contribution in [2.75, 3.05) is 20.6 Å². The summed E-state index contributed by atoms with van der Waals surface area (Å²) in [6.07, 6.45) is 0.842. The molecule has 0 aliphatic carbocycles. The minimum atomic E-state index is -0.277. The predicted molar refractivity (Wildman–Crippen MR) is 89.4 cm³/mol. The number of aromatic nitrogens is 2. The van der Waals surface area contributed by atoms with Gasteiger partial charge in [0.2, 0.25) is 0 Å². The van der Waals surface area contributed by atoms with E-state index in [1.165, 1.54) is 24.7 Å². The average Bonchev–Trinajstić information content (AvgIpc) is 2.54. The molecule has 0 aliphatic heterocycles. The van der Waals surface area contributed by atoms with Crippen LogP contribution in [0.3, 0.4) is 0 Å². The summed E-state index contributed by atoms with van der Waals surface area (Å²) in [6.45, 7) is 0.505. The number of rotatable bonds is 6. The maximum absolute atomic E-state index is 12.2. The SMILES string of the molecule is CN(C)C(CNC(=O)c1ccc(=O)n(C)n1)Cc1ccccc1. The van der Waals surface area contributed by atoms with Crippen LogP contribution in [-0.4, -0.2) is 47.3 Å². The first kappa shape index (κ1) is 16.9. The topological polar surface area (TPSA) is 67.2 Å². The number of nitrogens with zero attached hydrogens (tertiary/aromatic N) is 3. The molecule has 1 aromatic heterocycles. The quantitative estimate of drug-likeness (QED) is 0.851. The van der Waals surface area contributed by atoms with Crippen molar-refractivity contribution in [1.29, 1.82) is 0 Å². The van der Waals surface area contributed by atoms with Crippen molar-refractivity contribution in [3.8, 4) is 0 Å². The summed E-state index contributed by atoms with van der Waals surface area (Å²) in [4.78, 5) is 25.6. The fourth-order valence-corrected chi connectivity index (χ4v) is 2.25. The van der Waals surface area contributed by atoms with E-state index in [1.807, 2.05) is 32.3 Å². The molecule has 0 spiro atoms. The Morgan fingerprint density at radius 1 is 1.22 bits per heavy atom. The van der Waals surface area contributed by atoms with Gasteiger partial charge in [0.15, 0.2) is 0 Å². The molecule has 23 heavy (non-hydrogen) atoms. The molecular weight excluding hydrogens is 292 g/mol. The molecule has 0 saturated carbocycles. The van der Waals surface area contributed by atoms with Crippen molar-refractivity contribution in [2.45, 2.75) is 12.5 Å². The molecule has 0 aliphatic rings. The smallest absolute Gasteiger partial charge is 0.271 e. The maximum atomic E-state index is 12.2. The lowest BCUT2D eigenvalue weighted by atomic mass is 10.1. The second-order valence-corrected chi connectivity index (χ2v) is 5.70. The molecule has 1 atom stereocenters.